The molecule has 0 aliphatic rings. The fourth-order valence-electron chi connectivity index (χ4n) is 3.77. The fraction of sp³-hybridized carbons (Fsp3) is 0.0323. The molecule has 1 unspecified atom stereocenters. The number of benzene rings is 3. The lowest BCUT2D eigenvalue weighted by atomic mass is 10.1. The molecule has 0 aliphatic heterocycles. The molecule has 0 aliphatic carbocycles. The Hall–Kier alpha value is -4.51. The highest BCUT2D eigenvalue weighted by molar-refractivity contribution is 8.00. The average Bonchev–Trinajstić information content (AvgIpc) is 3.72. The number of nitrogens with one attached hydrogen (secondary N) is 3. The number of anilines is 2. The molecule has 5 aromatic rings. The number of hydrogen-bond donors (Lipinski definition) is 3. The van der Waals surface area contributed by atoms with Crippen LogP contribution in [0.4, 0.5) is 10.8 Å². The standard InChI is InChI=1S/C31H24N4O3S3/c36-28(22-10-5-2-6-11-22)34-26(20-25-12-7-18-39-25)29(37)33-23-13-15-24(16-14-23)41-27(21-8-3-1-4-9-21)30(38)35-31-32-17-19-40-31/h1-20,27H,(H,33,37)(H,34,36)(H,32,35,38)/b26-20-. The maximum Gasteiger partial charge on any atom is 0.272 e. The van der Waals surface area contributed by atoms with E-state index >= 15 is 0 Å². The molecule has 0 fully saturated rings. The zero-order valence-corrected chi connectivity index (χ0v) is 24.0. The molecule has 0 bridgehead atoms. The molecule has 0 saturated heterocycles. The second-order valence-electron chi connectivity index (χ2n) is 8.61. The Labute approximate surface area is 249 Å². The van der Waals surface area contributed by atoms with Crippen LogP contribution in [0.3, 0.4) is 0 Å². The number of rotatable bonds is 10. The Bertz CT molecular complexity index is 1620. The van der Waals surface area contributed by atoms with Gasteiger partial charge in [0.05, 0.1) is 0 Å². The van der Waals surface area contributed by atoms with Gasteiger partial charge >= 0.3 is 0 Å². The SMILES string of the molecule is O=C(Nc1ccc(SC(C(=O)Nc2nccs2)c2ccccc2)cc1)/C(=C/c1cccs1)NC(=O)c1ccccc1. The van der Waals surface area contributed by atoms with E-state index in [2.05, 4.69) is 20.9 Å². The maximum atomic E-state index is 13.2. The third kappa shape index (κ3) is 7.79. The lowest BCUT2D eigenvalue weighted by Gasteiger charge is -2.16. The number of amides is 3. The summed E-state index contributed by atoms with van der Waals surface area (Å²) >= 11 is 4.22. The minimum absolute atomic E-state index is 0.128. The van der Waals surface area contributed by atoms with Crippen LogP contribution in [0.1, 0.15) is 26.0 Å². The second kappa shape index (κ2) is 13.7. The molecule has 10 heteroatoms. The van der Waals surface area contributed by atoms with Crippen molar-refractivity contribution in [1.29, 1.82) is 0 Å². The van der Waals surface area contributed by atoms with E-state index in [1.54, 1.807) is 54.1 Å². The Kier molecular flexibility index (Phi) is 9.37. The average molecular weight is 597 g/mol. The number of hydrogen-bond acceptors (Lipinski definition) is 7. The van der Waals surface area contributed by atoms with Crippen molar-refractivity contribution in [3.8, 4) is 0 Å². The summed E-state index contributed by atoms with van der Waals surface area (Å²) < 4.78 is 0. The first-order valence-electron chi connectivity index (χ1n) is 12.5. The zero-order chi connectivity index (χ0) is 28.4. The fourth-order valence-corrected chi connectivity index (χ4v) is 5.98. The minimum atomic E-state index is -0.505. The van der Waals surface area contributed by atoms with Gasteiger partial charge in [-0.3, -0.25) is 14.4 Å². The number of thiazole rings is 1. The van der Waals surface area contributed by atoms with E-state index < -0.39 is 11.2 Å². The first kappa shape index (κ1) is 28.0. The van der Waals surface area contributed by atoms with Crippen LogP contribution in [0.2, 0.25) is 0 Å². The molecule has 2 heterocycles. The smallest absolute Gasteiger partial charge is 0.272 e. The maximum absolute atomic E-state index is 13.2. The van der Waals surface area contributed by atoms with Crippen molar-refractivity contribution in [2.24, 2.45) is 0 Å². The highest BCUT2D eigenvalue weighted by Gasteiger charge is 2.23. The molecule has 3 aromatic carbocycles. The summed E-state index contributed by atoms with van der Waals surface area (Å²) in [5.74, 6) is -1.00. The number of carbonyl (C=O) groups is 3. The number of carbonyl (C=O) groups excluding carboxylic acids is 3. The molecule has 3 N–H and O–H groups in total. The quantitative estimate of drug-likeness (QED) is 0.118. The summed E-state index contributed by atoms with van der Waals surface area (Å²) in [6.45, 7) is 0. The van der Waals surface area contributed by atoms with Crippen LogP contribution in [0.5, 0.6) is 0 Å². The highest BCUT2D eigenvalue weighted by atomic mass is 32.2. The minimum Gasteiger partial charge on any atom is -0.321 e. The molecule has 0 radical (unpaired) electrons. The molecule has 0 saturated carbocycles. The van der Waals surface area contributed by atoms with Crippen molar-refractivity contribution in [2.45, 2.75) is 10.1 Å². The van der Waals surface area contributed by atoms with Crippen molar-refractivity contribution in [3.05, 3.63) is 136 Å². The lowest BCUT2D eigenvalue weighted by Crippen LogP contribution is -2.30. The van der Waals surface area contributed by atoms with Gasteiger partial charge in [0.15, 0.2) is 5.13 Å². The van der Waals surface area contributed by atoms with Crippen LogP contribution >= 0.6 is 34.4 Å². The van der Waals surface area contributed by atoms with Crippen molar-refractivity contribution in [3.63, 3.8) is 0 Å². The van der Waals surface area contributed by atoms with E-state index in [0.717, 1.165) is 15.3 Å². The lowest BCUT2D eigenvalue weighted by molar-refractivity contribution is -0.116. The van der Waals surface area contributed by atoms with E-state index in [0.29, 0.717) is 16.4 Å². The summed E-state index contributed by atoms with van der Waals surface area (Å²) in [5, 5.41) is 12.2. The Morgan fingerprint density at radius 1 is 0.780 bits per heavy atom. The summed E-state index contributed by atoms with van der Waals surface area (Å²) in [4.78, 5) is 45.0. The van der Waals surface area contributed by atoms with Crippen molar-refractivity contribution >= 4 is 69.1 Å². The van der Waals surface area contributed by atoms with Crippen LogP contribution in [0.15, 0.2) is 125 Å². The Balaban J connectivity index is 1.30. The van der Waals surface area contributed by atoms with Gasteiger partial charge in [0, 0.05) is 32.6 Å². The van der Waals surface area contributed by atoms with E-state index in [1.807, 2.05) is 66.0 Å². The normalized spacial score (nSPS) is 11.9. The number of aromatic nitrogens is 1. The first-order chi connectivity index (χ1) is 20.0. The van der Waals surface area contributed by atoms with Gasteiger partial charge in [-0.2, -0.15) is 0 Å². The molecular formula is C31H24N4O3S3. The molecule has 3 amide bonds. The Morgan fingerprint density at radius 3 is 2.17 bits per heavy atom. The molecule has 0 spiro atoms. The molecule has 2 aromatic heterocycles. The van der Waals surface area contributed by atoms with E-state index in [9.17, 15) is 14.4 Å². The van der Waals surface area contributed by atoms with Crippen LogP contribution in [-0.2, 0) is 9.59 Å². The number of thioether (sulfide) groups is 1. The first-order valence-corrected chi connectivity index (χ1v) is 15.1. The number of thiophene rings is 1. The second-order valence-corrected chi connectivity index (χ2v) is 11.7. The predicted molar refractivity (Wildman–Crippen MR) is 167 cm³/mol. The zero-order valence-electron chi connectivity index (χ0n) is 21.5. The molecular weight excluding hydrogens is 573 g/mol. The summed E-state index contributed by atoms with van der Waals surface area (Å²) in [7, 11) is 0. The predicted octanol–water partition coefficient (Wildman–Crippen LogP) is 7.09. The summed E-state index contributed by atoms with van der Waals surface area (Å²) in [6, 6.07) is 29.2. The molecule has 204 valence electrons. The number of nitrogens with zero attached hydrogens (tertiary/aromatic N) is 1. The molecule has 5 rings (SSSR count). The largest absolute Gasteiger partial charge is 0.321 e. The highest BCUT2D eigenvalue weighted by Crippen LogP contribution is 2.37. The van der Waals surface area contributed by atoms with Gasteiger partial charge in [0.2, 0.25) is 5.91 Å². The monoisotopic (exact) mass is 596 g/mol. The van der Waals surface area contributed by atoms with Gasteiger partial charge in [-0.25, -0.2) is 4.98 Å². The van der Waals surface area contributed by atoms with Crippen LogP contribution in [0, 0.1) is 0 Å². The molecule has 41 heavy (non-hydrogen) atoms. The van der Waals surface area contributed by atoms with Gasteiger partial charge in [0.25, 0.3) is 11.8 Å². The van der Waals surface area contributed by atoms with Crippen molar-refractivity contribution < 1.29 is 14.4 Å². The topological polar surface area (TPSA) is 100 Å². The van der Waals surface area contributed by atoms with Crippen molar-refractivity contribution in [2.75, 3.05) is 10.6 Å². The molecule has 1 atom stereocenters. The van der Waals surface area contributed by atoms with Crippen LogP contribution in [-0.4, -0.2) is 22.7 Å². The van der Waals surface area contributed by atoms with Crippen LogP contribution in [0.25, 0.3) is 6.08 Å². The van der Waals surface area contributed by atoms with Gasteiger partial charge < -0.3 is 16.0 Å². The van der Waals surface area contributed by atoms with Crippen LogP contribution < -0.4 is 16.0 Å². The third-order valence-electron chi connectivity index (χ3n) is 5.73. The summed E-state index contributed by atoms with van der Waals surface area (Å²) in [6.07, 6.45) is 3.29. The Morgan fingerprint density at radius 2 is 1.51 bits per heavy atom. The third-order valence-corrected chi connectivity index (χ3v) is 8.50. The molecule has 7 nitrogen and oxygen atoms in total. The van der Waals surface area contributed by atoms with E-state index in [1.165, 1.54) is 34.4 Å². The van der Waals surface area contributed by atoms with Crippen molar-refractivity contribution in [1.82, 2.24) is 10.3 Å². The summed E-state index contributed by atoms with van der Waals surface area (Å²) in [5.41, 5.74) is 1.99. The van der Waals surface area contributed by atoms with E-state index in [4.69, 9.17) is 0 Å². The van der Waals surface area contributed by atoms with Gasteiger partial charge in [0.1, 0.15) is 10.9 Å². The van der Waals surface area contributed by atoms with Gasteiger partial charge in [-0.1, -0.05) is 54.6 Å². The van der Waals surface area contributed by atoms with E-state index in [-0.39, 0.29) is 17.5 Å². The van der Waals surface area contributed by atoms with Gasteiger partial charge in [-0.15, -0.1) is 34.4 Å². The van der Waals surface area contributed by atoms with Gasteiger partial charge in [-0.05, 0) is 59.5 Å².